The quantitative estimate of drug-likeness (QED) is 0.546. The molecule has 0 amide bonds. The van der Waals surface area contributed by atoms with Crippen LogP contribution < -0.4 is 16.6 Å². The molecule has 1 saturated carbocycles. The monoisotopic (exact) mass is 279 g/mol. The molecule has 6 nitrogen and oxygen atoms in total. The van der Waals surface area contributed by atoms with E-state index in [1.807, 2.05) is 6.07 Å². The third-order valence-electron chi connectivity index (χ3n) is 3.81. The summed E-state index contributed by atoms with van der Waals surface area (Å²) in [6.45, 7) is 3.67. The Hall–Kier alpha value is -1.40. The van der Waals surface area contributed by atoms with Crippen LogP contribution in [0.4, 0.5) is 11.6 Å². The summed E-state index contributed by atoms with van der Waals surface area (Å²) in [6.07, 6.45) is 5.30. The molecule has 0 bridgehead atoms. The first-order valence-corrected chi connectivity index (χ1v) is 7.28. The molecule has 0 radical (unpaired) electrons. The molecule has 1 aliphatic carbocycles. The SMILES string of the molecule is COCc1nc(NN)cc(NCC2CCCC(C)C2)n1. The molecule has 2 unspecified atom stereocenters. The van der Waals surface area contributed by atoms with Gasteiger partial charge in [0.2, 0.25) is 0 Å². The molecule has 2 atom stereocenters. The van der Waals surface area contributed by atoms with Crippen molar-refractivity contribution in [2.75, 3.05) is 24.4 Å². The molecular formula is C14H25N5O. The Morgan fingerprint density at radius 1 is 1.35 bits per heavy atom. The Morgan fingerprint density at radius 2 is 2.15 bits per heavy atom. The van der Waals surface area contributed by atoms with Crippen molar-refractivity contribution in [3.8, 4) is 0 Å². The van der Waals surface area contributed by atoms with Crippen LogP contribution in [0.2, 0.25) is 0 Å². The van der Waals surface area contributed by atoms with Crippen molar-refractivity contribution in [1.29, 1.82) is 0 Å². The third kappa shape index (κ3) is 4.31. The van der Waals surface area contributed by atoms with Gasteiger partial charge in [-0.2, -0.15) is 0 Å². The van der Waals surface area contributed by atoms with E-state index < -0.39 is 0 Å². The van der Waals surface area contributed by atoms with Crippen LogP contribution in [0.15, 0.2) is 6.07 Å². The topological polar surface area (TPSA) is 85.1 Å². The molecule has 20 heavy (non-hydrogen) atoms. The van der Waals surface area contributed by atoms with Crippen molar-refractivity contribution in [2.45, 2.75) is 39.2 Å². The minimum absolute atomic E-state index is 0.380. The molecule has 0 aliphatic heterocycles. The van der Waals surface area contributed by atoms with E-state index >= 15 is 0 Å². The first kappa shape index (κ1) is 15.0. The molecule has 6 heteroatoms. The first-order chi connectivity index (χ1) is 9.71. The van der Waals surface area contributed by atoms with Gasteiger partial charge in [0.1, 0.15) is 18.2 Å². The van der Waals surface area contributed by atoms with Gasteiger partial charge in [0.15, 0.2) is 5.82 Å². The van der Waals surface area contributed by atoms with Crippen LogP contribution in [-0.4, -0.2) is 23.6 Å². The predicted molar refractivity (Wildman–Crippen MR) is 80.2 cm³/mol. The largest absolute Gasteiger partial charge is 0.377 e. The summed E-state index contributed by atoms with van der Waals surface area (Å²) >= 11 is 0. The van der Waals surface area contributed by atoms with Crippen LogP contribution in [0.25, 0.3) is 0 Å². The van der Waals surface area contributed by atoms with Crippen LogP contribution in [-0.2, 0) is 11.3 Å². The van der Waals surface area contributed by atoms with Crippen molar-refractivity contribution < 1.29 is 4.74 Å². The Balaban J connectivity index is 1.95. The standard InChI is InChI=1S/C14H25N5O/c1-10-4-3-5-11(6-10)8-16-12-7-13(19-15)18-14(17-12)9-20-2/h7,10-11H,3-6,8-9,15H2,1-2H3,(H2,16,17,18,19). The van der Waals surface area contributed by atoms with Crippen molar-refractivity contribution in [3.05, 3.63) is 11.9 Å². The Bertz CT molecular complexity index is 426. The van der Waals surface area contributed by atoms with Gasteiger partial charge >= 0.3 is 0 Å². The van der Waals surface area contributed by atoms with Crippen LogP contribution in [0.1, 0.15) is 38.4 Å². The van der Waals surface area contributed by atoms with E-state index in [1.165, 1.54) is 25.7 Å². The second kappa shape index (κ2) is 7.40. The molecule has 4 N–H and O–H groups in total. The fourth-order valence-electron chi connectivity index (χ4n) is 2.85. The molecule has 112 valence electrons. The number of rotatable bonds is 6. The maximum atomic E-state index is 5.43. The van der Waals surface area contributed by atoms with E-state index in [-0.39, 0.29) is 0 Å². The van der Waals surface area contributed by atoms with E-state index in [2.05, 4.69) is 27.6 Å². The minimum atomic E-state index is 0.380. The number of nitrogen functional groups attached to an aromatic ring is 1. The summed E-state index contributed by atoms with van der Waals surface area (Å²) in [5.74, 6) is 9.04. The maximum absolute atomic E-state index is 5.43. The summed E-state index contributed by atoms with van der Waals surface area (Å²) in [5.41, 5.74) is 2.56. The number of nitrogens with two attached hydrogens (primary N) is 1. The minimum Gasteiger partial charge on any atom is -0.377 e. The first-order valence-electron chi connectivity index (χ1n) is 7.28. The fraction of sp³-hybridized carbons (Fsp3) is 0.714. The second-order valence-electron chi connectivity index (χ2n) is 5.65. The molecule has 1 aromatic heterocycles. The summed E-state index contributed by atoms with van der Waals surface area (Å²) in [7, 11) is 1.63. The predicted octanol–water partition coefficient (Wildman–Crippen LogP) is 2.15. The van der Waals surface area contributed by atoms with Crippen molar-refractivity contribution in [1.82, 2.24) is 9.97 Å². The highest BCUT2D eigenvalue weighted by atomic mass is 16.5. The van der Waals surface area contributed by atoms with Gasteiger partial charge < -0.3 is 15.5 Å². The number of hydrazine groups is 1. The third-order valence-corrected chi connectivity index (χ3v) is 3.81. The van der Waals surface area contributed by atoms with E-state index in [0.29, 0.717) is 18.2 Å². The van der Waals surface area contributed by atoms with Crippen molar-refractivity contribution in [3.63, 3.8) is 0 Å². The van der Waals surface area contributed by atoms with Crippen molar-refractivity contribution >= 4 is 11.6 Å². The molecule has 0 aromatic carbocycles. The Morgan fingerprint density at radius 3 is 2.85 bits per heavy atom. The average molecular weight is 279 g/mol. The number of hydrogen-bond donors (Lipinski definition) is 3. The van der Waals surface area contributed by atoms with Crippen LogP contribution in [0.5, 0.6) is 0 Å². The highest BCUT2D eigenvalue weighted by Crippen LogP contribution is 2.28. The number of aromatic nitrogens is 2. The molecule has 0 saturated heterocycles. The number of methoxy groups -OCH3 is 1. The van der Waals surface area contributed by atoms with Gasteiger partial charge in [0.05, 0.1) is 0 Å². The zero-order chi connectivity index (χ0) is 14.4. The number of nitrogens with zero attached hydrogens (tertiary/aromatic N) is 2. The van der Waals surface area contributed by atoms with E-state index in [9.17, 15) is 0 Å². The van der Waals surface area contributed by atoms with Crippen LogP contribution in [0.3, 0.4) is 0 Å². The molecule has 1 fully saturated rings. The van der Waals surface area contributed by atoms with Crippen LogP contribution >= 0.6 is 0 Å². The van der Waals surface area contributed by atoms with Gasteiger partial charge in [-0.1, -0.05) is 19.8 Å². The molecular weight excluding hydrogens is 254 g/mol. The van der Waals surface area contributed by atoms with Gasteiger partial charge in [-0.3, -0.25) is 0 Å². The number of nitrogens with one attached hydrogen (secondary N) is 2. The number of ether oxygens (including phenoxy) is 1. The van der Waals surface area contributed by atoms with E-state index in [1.54, 1.807) is 7.11 Å². The van der Waals surface area contributed by atoms with Gasteiger partial charge in [0.25, 0.3) is 0 Å². The fourth-order valence-corrected chi connectivity index (χ4v) is 2.85. The highest BCUT2D eigenvalue weighted by Gasteiger charge is 2.18. The van der Waals surface area contributed by atoms with Gasteiger partial charge in [-0.15, -0.1) is 0 Å². The Labute approximate surface area is 120 Å². The Kier molecular flexibility index (Phi) is 5.55. The molecule has 1 aromatic rings. The lowest BCUT2D eigenvalue weighted by atomic mass is 9.82. The smallest absolute Gasteiger partial charge is 0.158 e. The molecule has 0 spiro atoms. The number of anilines is 2. The van der Waals surface area contributed by atoms with Gasteiger partial charge in [0, 0.05) is 19.7 Å². The van der Waals surface area contributed by atoms with E-state index in [4.69, 9.17) is 10.6 Å². The normalized spacial score (nSPS) is 22.6. The molecule has 2 rings (SSSR count). The lowest BCUT2D eigenvalue weighted by molar-refractivity contribution is 0.178. The summed E-state index contributed by atoms with van der Waals surface area (Å²) in [4.78, 5) is 8.67. The second-order valence-corrected chi connectivity index (χ2v) is 5.65. The van der Waals surface area contributed by atoms with E-state index in [0.717, 1.165) is 24.2 Å². The summed E-state index contributed by atoms with van der Waals surface area (Å²) in [5, 5.41) is 3.41. The summed E-state index contributed by atoms with van der Waals surface area (Å²) < 4.78 is 5.07. The van der Waals surface area contributed by atoms with Gasteiger partial charge in [-0.05, 0) is 24.7 Å². The van der Waals surface area contributed by atoms with Crippen molar-refractivity contribution in [2.24, 2.45) is 17.7 Å². The zero-order valence-corrected chi connectivity index (χ0v) is 12.4. The average Bonchev–Trinajstić information content (AvgIpc) is 2.45. The zero-order valence-electron chi connectivity index (χ0n) is 12.4. The maximum Gasteiger partial charge on any atom is 0.158 e. The lowest BCUT2D eigenvalue weighted by Gasteiger charge is -2.27. The van der Waals surface area contributed by atoms with Gasteiger partial charge in [-0.25, -0.2) is 15.8 Å². The number of hydrogen-bond acceptors (Lipinski definition) is 6. The molecule has 1 aliphatic rings. The lowest BCUT2D eigenvalue weighted by Crippen LogP contribution is -2.22. The highest BCUT2D eigenvalue weighted by molar-refractivity contribution is 5.46. The molecule has 1 heterocycles. The summed E-state index contributed by atoms with van der Waals surface area (Å²) in [6, 6.07) is 1.82. The van der Waals surface area contributed by atoms with Crippen LogP contribution in [0, 0.1) is 11.8 Å².